The Kier molecular flexibility index (Phi) is 4.43. The van der Waals surface area contributed by atoms with E-state index in [0.717, 1.165) is 41.8 Å². The van der Waals surface area contributed by atoms with Crippen molar-refractivity contribution < 1.29 is 4.55 Å². The Hall–Kier alpha value is -2.01. The molecular formula is C20H20N2OS. The van der Waals surface area contributed by atoms with Crippen LogP contribution in [0.5, 0.6) is 0 Å². The molecule has 3 aromatic carbocycles. The molecule has 0 N–H and O–H groups in total. The Morgan fingerprint density at radius 2 is 1.38 bits per heavy atom. The average Bonchev–Trinajstić information content (AvgIpc) is 2.68. The number of para-hydroxylation sites is 1. The maximum absolute atomic E-state index is 13.1. The molecule has 122 valence electrons. The van der Waals surface area contributed by atoms with Gasteiger partial charge in [0.05, 0.1) is 24.5 Å². The summed E-state index contributed by atoms with van der Waals surface area (Å²) in [5.41, 5.74) is 1.24. The summed E-state index contributed by atoms with van der Waals surface area (Å²) < 4.78 is 15.2. The lowest BCUT2D eigenvalue weighted by molar-refractivity contribution is 0.385. The van der Waals surface area contributed by atoms with Gasteiger partial charge in [0.2, 0.25) is 0 Å². The molecule has 1 heterocycles. The minimum absolute atomic E-state index is 0.810. The van der Waals surface area contributed by atoms with E-state index < -0.39 is 11.4 Å². The van der Waals surface area contributed by atoms with E-state index in [9.17, 15) is 4.55 Å². The number of hydrogen-bond acceptors (Lipinski definition) is 3. The van der Waals surface area contributed by atoms with Crippen molar-refractivity contribution in [3.05, 3.63) is 72.8 Å². The van der Waals surface area contributed by atoms with Gasteiger partial charge >= 0.3 is 0 Å². The summed E-state index contributed by atoms with van der Waals surface area (Å²) >= 11 is -1.11. The van der Waals surface area contributed by atoms with Gasteiger partial charge in [-0.25, -0.2) is 0 Å². The van der Waals surface area contributed by atoms with Crippen LogP contribution in [0.1, 0.15) is 0 Å². The van der Waals surface area contributed by atoms with Crippen molar-refractivity contribution in [3.8, 4) is 0 Å². The summed E-state index contributed by atoms with van der Waals surface area (Å²) in [7, 11) is 0. The molecule has 4 heteroatoms. The van der Waals surface area contributed by atoms with Crippen LogP contribution in [-0.2, 0) is 11.4 Å². The first-order valence-corrected chi connectivity index (χ1v) is 9.38. The normalized spacial score (nSPS) is 17.1. The van der Waals surface area contributed by atoms with Gasteiger partial charge < -0.3 is 9.45 Å². The van der Waals surface area contributed by atoms with Gasteiger partial charge in [0.15, 0.2) is 4.90 Å². The molecule has 1 fully saturated rings. The second-order valence-corrected chi connectivity index (χ2v) is 7.43. The van der Waals surface area contributed by atoms with E-state index in [4.69, 9.17) is 0 Å². The van der Waals surface area contributed by atoms with Crippen LogP contribution in [0.4, 0.5) is 5.69 Å². The van der Waals surface area contributed by atoms with Crippen molar-refractivity contribution >= 4 is 27.8 Å². The molecule has 1 unspecified atom stereocenters. The molecule has 1 saturated heterocycles. The van der Waals surface area contributed by atoms with Gasteiger partial charge in [-0.1, -0.05) is 48.5 Å². The van der Waals surface area contributed by atoms with E-state index in [1.54, 1.807) is 0 Å². The molecule has 0 spiro atoms. The van der Waals surface area contributed by atoms with Crippen LogP contribution in [0.3, 0.4) is 0 Å². The Morgan fingerprint density at radius 3 is 2.17 bits per heavy atom. The zero-order chi connectivity index (χ0) is 16.4. The average molecular weight is 336 g/mol. The van der Waals surface area contributed by atoms with Crippen LogP contribution in [-0.4, -0.2) is 35.0 Å². The Labute approximate surface area is 145 Å². The number of benzene rings is 3. The van der Waals surface area contributed by atoms with Gasteiger partial charge in [0.25, 0.3) is 0 Å². The molecule has 1 aliphatic rings. The Bertz CT molecular complexity index is 811. The number of fused-ring (bicyclic) bond motifs is 1. The lowest BCUT2D eigenvalue weighted by Gasteiger charge is -2.35. The van der Waals surface area contributed by atoms with Gasteiger partial charge in [0, 0.05) is 24.2 Å². The summed E-state index contributed by atoms with van der Waals surface area (Å²) in [6.45, 7) is 3.43. The topological polar surface area (TPSA) is 29.5 Å². The lowest BCUT2D eigenvalue weighted by atomic mass is 10.1. The third kappa shape index (κ3) is 3.00. The first kappa shape index (κ1) is 15.5. The van der Waals surface area contributed by atoms with Gasteiger partial charge in [0.1, 0.15) is 0 Å². The molecule has 0 saturated carbocycles. The maximum atomic E-state index is 13.1. The molecule has 0 bridgehead atoms. The van der Waals surface area contributed by atoms with Crippen molar-refractivity contribution in [2.45, 2.75) is 4.90 Å². The van der Waals surface area contributed by atoms with E-state index >= 15 is 0 Å². The van der Waals surface area contributed by atoms with Crippen LogP contribution >= 0.6 is 0 Å². The van der Waals surface area contributed by atoms with Crippen molar-refractivity contribution in [1.29, 1.82) is 0 Å². The van der Waals surface area contributed by atoms with E-state index in [1.807, 2.05) is 30.3 Å². The largest absolute Gasteiger partial charge is 0.593 e. The highest BCUT2D eigenvalue weighted by atomic mass is 32.2. The highest BCUT2D eigenvalue weighted by molar-refractivity contribution is 7.89. The molecule has 0 aliphatic carbocycles. The quantitative estimate of drug-likeness (QED) is 0.683. The van der Waals surface area contributed by atoms with E-state index in [0.29, 0.717) is 0 Å². The van der Waals surface area contributed by atoms with Crippen molar-refractivity contribution in [1.82, 2.24) is 4.31 Å². The van der Waals surface area contributed by atoms with Crippen molar-refractivity contribution in [3.63, 3.8) is 0 Å². The second kappa shape index (κ2) is 6.85. The molecular weight excluding hydrogens is 316 g/mol. The third-order valence-electron chi connectivity index (χ3n) is 4.53. The molecule has 1 atom stereocenters. The standard InChI is InChI=1S/C20H20N2OS/c23-24(20-12-6-8-17-7-4-5-11-19(17)20)22-15-13-21(14-16-22)18-9-2-1-3-10-18/h1-12H,13-16H2. The Balaban J connectivity index is 1.51. The first-order chi connectivity index (χ1) is 11.8. The molecule has 3 aromatic rings. The summed E-state index contributed by atoms with van der Waals surface area (Å²) in [5.74, 6) is 0. The fourth-order valence-corrected chi connectivity index (χ4v) is 4.58. The first-order valence-electron chi connectivity index (χ1n) is 8.27. The van der Waals surface area contributed by atoms with Crippen LogP contribution in [0.25, 0.3) is 10.8 Å². The summed E-state index contributed by atoms with van der Waals surface area (Å²) in [5, 5.41) is 2.23. The Morgan fingerprint density at radius 1 is 0.708 bits per heavy atom. The van der Waals surface area contributed by atoms with Crippen LogP contribution in [0.15, 0.2) is 77.7 Å². The van der Waals surface area contributed by atoms with Crippen molar-refractivity contribution in [2.75, 3.05) is 31.1 Å². The van der Waals surface area contributed by atoms with Crippen LogP contribution in [0, 0.1) is 0 Å². The van der Waals surface area contributed by atoms with Gasteiger partial charge in [-0.3, -0.25) is 0 Å². The maximum Gasteiger partial charge on any atom is 0.181 e. The van der Waals surface area contributed by atoms with Gasteiger partial charge in [-0.2, -0.15) is 0 Å². The summed E-state index contributed by atoms with van der Waals surface area (Å²) in [6, 6.07) is 24.7. The zero-order valence-corrected chi connectivity index (χ0v) is 14.3. The van der Waals surface area contributed by atoms with Crippen LogP contribution in [0.2, 0.25) is 0 Å². The minimum Gasteiger partial charge on any atom is -0.593 e. The smallest absolute Gasteiger partial charge is 0.181 e. The summed E-state index contributed by atoms with van der Waals surface area (Å²) in [4.78, 5) is 3.28. The molecule has 1 aliphatic heterocycles. The van der Waals surface area contributed by atoms with E-state index in [2.05, 4.69) is 51.7 Å². The van der Waals surface area contributed by atoms with Gasteiger partial charge in [-0.05, 0) is 29.7 Å². The van der Waals surface area contributed by atoms with Crippen LogP contribution < -0.4 is 4.90 Å². The highest BCUT2D eigenvalue weighted by Gasteiger charge is 2.28. The number of nitrogens with zero attached hydrogens (tertiary/aromatic N) is 2. The van der Waals surface area contributed by atoms with E-state index in [1.165, 1.54) is 5.69 Å². The molecule has 0 radical (unpaired) electrons. The fraction of sp³-hybridized carbons (Fsp3) is 0.200. The van der Waals surface area contributed by atoms with Crippen molar-refractivity contribution in [2.24, 2.45) is 0 Å². The molecule has 24 heavy (non-hydrogen) atoms. The summed E-state index contributed by atoms with van der Waals surface area (Å²) in [6.07, 6.45) is 0. The lowest BCUT2D eigenvalue weighted by Crippen LogP contribution is -2.48. The monoisotopic (exact) mass is 336 g/mol. The minimum atomic E-state index is -1.11. The highest BCUT2D eigenvalue weighted by Crippen LogP contribution is 2.27. The molecule has 0 aromatic heterocycles. The molecule has 0 amide bonds. The van der Waals surface area contributed by atoms with E-state index in [-0.39, 0.29) is 0 Å². The molecule has 3 nitrogen and oxygen atoms in total. The number of rotatable bonds is 3. The van der Waals surface area contributed by atoms with Gasteiger partial charge in [-0.15, -0.1) is 4.31 Å². The predicted molar refractivity (Wildman–Crippen MR) is 101 cm³/mol. The third-order valence-corrected chi connectivity index (χ3v) is 6.10. The second-order valence-electron chi connectivity index (χ2n) is 5.98. The zero-order valence-electron chi connectivity index (χ0n) is 13.5. The predicted octanol–water partition coefficient (Wildman–Crippen LogP) is 3.68. The molecule has 4 rings (SSSR count). The number of hydrogen-bond donors (Lipinski definition) is 0. The SMILES string of the molecule is [O-][S+](c1cccc2ccccc12)N1CCN(c2ccccc2)CC1. The number of anilines is 1. The fourth-order valence-electron chi connectivity index (χ4n) is 3.24. The number of piperazine rings is 1.